The maximum absolute atomic E-state index is 9.35. The van der Waals surface area contributed by atoms with Crippen LogP contribution >= 0.6 is 11.6 Å². The van der Waals surface area contributed by atoms with Crippen molar-refractivity contribution in [3.8, 4) is 5.75 Å². The van der Waals surface area contributed by atoms with Crippen LogP contribution in [0.15, 0.2) is 24.3 Å². The molecule has 0 aliphatic heterocycles. The van der Waals surface area contributed by atoms with E-state index < -0.39 is 0 Å². The highest BCUT2D eigenvalue weighted by atomic mass is 35.5. The molecular formula is C14H22ClNO. The Morgan fingerprint density at radius 1 is 1.35 bits per heavy atom. The van der Waals surface area contributed by atoms with Crippen molar-refractivity contribution in [3.63, 3.8) is 0 Å². The lowest BCUT2D eigenvalue weighted by Gasteiger charge is -2.24. The van der Waals surface area contributed by atoms with E-state index in [0.29, 0.717) is 5.75 Å². The fourth-order valence-electron chi connectivity index (χ4n) is 1.85. The van der Waals surface area contributed by atoms with Gasteiger partial charge in [0.15, 0.2) is 0 Å². The third kappa shape index (κ3) is 5.94. The SMILES string of the molecule is CC(C)(CCCCl)CNCc1cccc(O)c1. The fourth-order valence-corrected chi connectivity index (χ4v) is 1.98. The quantitative estimate of drug-likeness (QED) is 0.731. The molecule has 1 aromatic rings. The minimum Gasteiger partial charge on any atom is -0.508 e. The molecule has 0 unspecified atom stereocenters. The summed E-state index contributed by atoms with van der Waals surface area (Å²) in [4.78, 5) is 0. The van der Waals surface area contributed by atoms with Gasteiger partial charge in [-0.1, -0.05) is 26.0 Å². The molecular weight excluding hydrogens is 234 g/mol. The fraction of sp³-hybridized carbons (Fsp3) is 0.571. The van der Waals surface area contributed by atoms with Crippen molar-refractivity contribution in [1.82, 2.24) is 5.32 Å². The van der Waals surface area contributed by atoms with Gasteiger partial charge in [0.05, 0.1) is 0 Å². The summed E-state index contributed by atoms with van der Waals surface area (Å²) in [6.45, 7) is 6.24. The van der Waals surface area contributed by atoms with Crippen LogP contribution in [0.4, 0.5) is 0 Å². The highest BCUT2D eigenvalue weighted by Crippen LogP contribution is 2.21. The van der Waals surface area contributed by atoms with Crippen LogP contribution in [0.3, 0.4) is 0 Å². The second-order valence-corrected chi connectivity index (χ2v) is 5.61. The maximum Gasteiger partial charge on any atom is 0.115 e. The molecule has 0 saturated heterocycles. The number of aromatic hydroxyl groups is 1. The molecule has 0 amide bonds. The van der Waals surface area contributed by atoms with Crippen molar-refractivity contribution in [1.29, 1.82) is 0 Å². The van der Waals surface area contributed by atoms with Gasteiger partial charge < -0.3 is 10.4 Å². The molecule has 2 nitrogen and oxygen atoms in total. The van der Waals surface area contributed by atoms with Gasteiger partial charge in [0.1, 0.15) is 5.75 Å². The first-order valence-corrected chi connectivity index (χ1v) is 6.61. The third-order valence-corrected chi connectivity index (χ3v) is 3.10. The molecule has 1 rings (SSSR count). The van der Waals surface area contributed by atoms with Gasteiger partial charge in [0, 0.05) is 19.0 Å². The second-order valence-electron chi connectivity index (χ2n) is 5.23. The number of halogens is 1. The summed E-state index contributed by atoms with van der Waals surface area (Å²) in [5, 5.41) is 12.8. The van der Waals surface area contributed by atoms with Gasteiger partial charge in [-0.2, -0.15) is 0 Å². The number of hydrogen-bond acceptors (Lipinski definition) is 2. The van der Waals surface area contributed by atoms with Gasteiger partial charge in [-0.3, -0.25) is 0 Å². The van der Waals surface area contributed by atoms with Gasteiger partial charge >= 0.3 is 0 Å². The summed E-state index contributed by atoms with van der Waals surface area (Å²) < 4.78 is 0. The van der Waals surface area contributed by atoms with Crippen molar-refractivity contribution >= 4 is 11.6 Å². The second kappa shape index (κ2) is 6.87. The molecule has 3 heteroatoms. The zero-order chi connectivity index (χ0) is 12.7. The van der Waals surface area contributed by atoms with Crippen molar-refractivity contribution in [2.24, 2.45) is 5.41 Å². The Hall–Kier alpha value is -0.730. The van der Waals surface area contributed by atoms with E-state index in [0.717, 1.165) is 37.4 Å². The summed E-state index contributed by atoms with van der Waals surface area (Å²) in [5.41, 5.74) is 1.38. The lowest BCUT2D eigenvalue weighted by atomic mass is 9.88. The van der Waals surface area contributed by atoms with Crippen molar-refractivity contribution in [2.45, 2.75) is 33.2 Å². The van der Waals surface area contributed by atoms with Crippen molar-refractivity contribution in [2.75, 3.05) is 12.4 Å². The number of benzene rings is 1. The number of phenols is 1. The van der Waals surface area contributed by atoms with E-state index in [9.17, 15) is 5.11 Å². The Kier molecular flexibility index (Phi) is 5.79. The highest BCUT2D eigenvalue weighted by molar-refractivity contribution is 6.17. The van der Waals surface area contributed by atoms with Crippen LogP contribution < -0.4 is 5.32 Å². The first-order valence-electron chi connectivity index (χ1n) is 6.08. The lowest BCUT2D eigenvalue weighted by Crippen LogP contribution is -2.29. The van der Waals surface area contributed by atoms with Crippen LogP contribution in [0.2, 0.25) is 0 Å². The van der Waals surface area contributed by atoms with E-state index in [1.54, 1.807) is 12.1 Å². The lowest BCUT2D eigenvalue weighted by molar-refractivity contribution is 0.311. The van der Waals surface area contributed by atoms with Gasteiger partial charge in [-0.25, -0.2) is 0 Å². The topological polar surface area (TPSA) is 32.3 Å². The Bertz CT molecular complexity index is 339. The molecule has 96 valence electrons. The summed E-state index contributed by atoms with van der Waals surface area (Å²) in [6.07, 6.45) is 2.19. The summed E-state index contributed by atoms with van der Waals surface area (Å²) in [6, 6.07) is 7.36. The van der Waals surface area contributed by atoms with Crippen LogP contribution in [-0.2, 0) is 6.54 Å². The molecule has 0 radical (unpaired) electrons. The Balaban J connectivity index is 2.32. The Morgan fingerprint density at radius 2 is 2.12 bits per heavy atom. The number of phenolic OH excluding ortho intramolecular Hbond substituents is 1. The van der Waals surface area contributed by atoms with Gasteiger partial charge in [-0.15, -0.1) is 11.6 Å². The average molecular weight is 256 g/mol. The standard InChI is InChI=1S/C14H22ClNO/c1-14(2,7-4-8-15)11-16-10-12-5-3-6-13(17)9-12/h3,5-6,9,16-17H,4,7-8,10-11H2,1-2H3. The minimum absolute atomic E-state index is 0.270. The molecule has 0 aromatic heterocycles. The zero-order valence-electron chi connectivity index (χ0n) is 10.7. The van der Waals surface area contributed by atoms with Crippen molar-refractivity contribution in [3.05, 3.63) is 29.8 Å². The molecule has 0 atom stereocenters. The Labute approximate surface area is 109 Å². The van der Waals surface area contributed by atoms with E-state index in [2.05, 4.69) is 19.2 Å². The first-order chi connectivity index (χ1) is 8.03. The molecule has 0 fully saturated rings. The summed E-state index contributed by atoms with van der Waals surface area (Å²) in [7, 11) is 0. The highest BCUT2D eigenvalue weighted by Gasteiger charge is 2.16. The molecule has 0 aliphatic carbocycles. The van der Waals surface area contributed by atoms with E-state index in [1.807, 2.05) is 12.1 Å². The smallest absolute Gasteiger partial charge is 0.115 e. The van der Waals surface area contributed by atoms with Gasteiger partial charge in [-0.05, 0) is 36.0 Å². The zero-order valence-corrected chi connectivity index (χ0v) is 11.4. The molecule has 17 heavy (non-hydrogen) atoms. The normalized spacial score (nSPS) is 11.7. The van der Waals surface area contributed by atoms with Gasteiger partial charge in [0.2, 0.25) is 0 Å². The molecule has 0 heterocycles. The summed E-state index contributed by atoms with van der Waals surface area (Å²) in [5.74, 6) is 1.06. The molecule has 1 aromatic carbocycles. The number of hydrogen-bond donors (Lipinski definition) is 2. The predicted octanol–water partition coefficient (Wildman–Crippen LogP) is 3.53. The van der Waals surface area contributed by atoms with Crippen molar-refractivity contribution < 1.29 is 5.11 Å². The predicted molar refractivity (Wildman–Crippen MR) is 73.5 cm³/mol. The van der Waals surface area contributed by atoms with Crippen LogP contribution in [-0.4, -0.2) is 17.5 Å². The molecule has 0 spiro atoms. The van der Waals surface area contributed by atoms with E-state index in [1.165, 1.54) is 0 Å². The number of rotatable bonds is 7. The minimum atomic E-state index is 0.270. The van der Waals surface area contributed by atoms with E-state index in [-0.39, 0.29) is 5.41 Å². The maximum atomic E-state index is 9.35. The monoisotopic (exact) mass is 255 g/mol. The average Bonchev–Trinajstić information content (AvgIpc) is 2.26. The first kappa shape index (κ1) is 14.3. The van der Waals surface area contributed by atoms with Crippen LogP contribution in [0.5, 0.6) is 5.75 Å². The van der Waals surface area contributed by atoms with E-state index in [4.69, 9.17) is 11.6 Å². The Morgan fingerprint density at radius 3 is 2.76 bits per heavy atom. The molecule has 0 bridgehead atoms. The largest absolute Gasteiger partial charge is 0.508 e. The van der Waals surface area contributed by atoms with Crippen LogP contribution in [0.25, 0.3) is 0 Å². The van der Waals surface area contributed by atoms with E-state index >= 15 is 0 Å². The number of alkyl halides is 1. The van der Waals surface area contributed by atoms with Crippen LogP contribution in [0.1, 0.15) is 32.3 Å². The van der Waals surface area contributed by atoms with Crippen LogP contribution in [0, 0.1) is 5.41 Å². The molecule has 0 saturated carbocycles. The summed E-state index contributed by atoms with van der Waals surface area (Å²) >= 11 is 5.71. The number of nitrogens with one attached hydrogen (secondary N) is 1. The third-order valence-electron chi connectivity index (χ3n) is 2.83. The molecule has 0 aliphatic rings. The van der Waals surface area contributed by atoms with Gasteiger partial charge in [0.25, 0.3) is 0 Å². The molecule has 2 N–H and O–H groups in total.